The molecule has 1 atom stereocenters. The van der Waals surface area contributed by atoms with E-state index in [4.69, 9.17) is 5.11 Å². The summed E-state index contributed by atoms with van der Waals surface area (Å²) in [7, 11) is 5.83. The highest BCUT2D eigenvalue weighted by atomic mass is 16.4. The topological polar surface area (TPSA) is 57.5 Å². The van der Waals surface area contributed by atoms with E-state index in [1.54, 1.807) is 12.2 Å². The predicted octanol–water partition coefficient (Wildman–Crippen LogP) is 4.54. The highest BCUT2D eigenvalue weighted by Gasteiger charge is 2.33. The van der Waals surface area contributed by atoms with E-state index in [1.165, 1.54) is 51.4 Å². The van der Waals surface area contributed by atoms with Crippen molar-refractivity contribution in [2.24, 2.45) is 0 Å². The third-order valence-corrected chi connectivity index (χ3v) is 4.08. The smallest absolute Gasteiger partial charge is 0.306 e. The summed E-state index contributed by atoms with van der Waals surface area (Å²) >= 11 is 0. The Bertz CT molecular complexity index is 410. The molecule has 0 aromatic rings. The minimum Gasteiger partial charge on any atom is -0.481 e. The van der Waals surface area contributed by atoms with Crippen LogP contribution in [0.5, 0.6) is 0 Å². The highest BCUT2D eigenvalue weighted by Crippen LogP contribution is 2.16. The van der Waals surface area contributed by atoms with E-state index >= 15 is 0 Å². The van der Waals surface area contributed by atoms with E-state index < -0.39 is 11.6 Å². The zero-order valence-corrected chi connectivity index (χ0v) is 16.8. The SMILES string of the molecule is CCCCCCCCCCC=CC=C[C@@](O)(CC(=O)O)C[N+](C)(C)C. The Labute approximate surface area is 154 Å². The van der Waals surface area contributed by atoms with Crippen LogP contribution in [0.25, 0.3) is 0 Å². The molecule has 0 spiro atoms. The van der Waals surface area contributed by atoms with Crippen molar-refractivity contribution in [2.75, 3.05) is 27.7 Å². The minimum atomic E-state index is -1.31. The van der Waals surface area contributed by atoms with Gasteiger partial charge in [-0.3, -0.25) is 4.79 Å². The van der Waals surface area contributed by atoms with E-state index in [0.29, 0.717) is 11.0 Å². The van der Waals surface area contributed by atoms with Crippen LogP contribution in [0.2, 0.25) is 0 Å². The fourth-order valence-corrected chi connectivity index (χ4v) is 3.06. The van der Waals surface area contributed by atoms with Crippen molar-refractivity contribution in [1.29, 1.82) is 0 Å². The van der Waals surface area contributed by atoms with Crippen LogP contribution in [0.4, 0.5) is 0 Å². The van der Waals surface area contributed by atoms with Crippen LogP contribution < -0.4 is 0 Å². The van der Waals surface area contributed by atoms with E-state index in [2.05, 4.69) is 13.0 Å². The summed E-state index contributed by atoms with van der Waals surface area (Å²) in [5.41, 5.74) is -1.31. The normalized spacial score (nSPS) is 15.1. The second-order valence-electron chi connectivity index (χ2n) is 8.17. The lowest BCUT2D eigenvalue weighted by atomic mass is 9.97. The first-order valence-electron chi connectivity index (χ1n) is 9.77. The molecule has 0 aromatic carbocycles. The lowest BCUT2D eigenvalue weighted by molar-refractivity contribution is -0.876. The summed E-state index contributed by atoms with van der Waals surface area (Å²) in [5.74, 6) is -0.983. The number of carboxylic acids is 1. The van der Waals surface area contributed by atoms with Gasteiger partial charge in [-0.15, -0.1) is 0 Å². The lowest BCUT2D eigenvalue weighted by Gasteiger charge is -2.32. The third-order valence-electron chi connectivity index (χ3n) is 4.08. The molecule has 25 heavy (non-hydrogen) atoms. The number of nitrogens with zero attached hydrogens (tertiary/aromatic N) is 1. The molecule has 0 radical (unpaired) electrons. The second kappa shape index (κ2) is 13.1. The van der Waals surface area contributed by atoms with E-state index in [9.17, 15) is 9.90 Å². The number of aliphatic hydroxyl groups is 1. The molecule has 0 amide bonds. The molecule has 4 heteroatoms. The van der Waals surface area contributed by atoms with Crippen LogP contribution in [-0.2, 0) is 4.79 Å². The molecule has 0 saturated carbocycles. The summed E-state index contributed by atoms with van der Waals surface area (Å²) in [6, 6.07) is 0. The van der Waals surface area contributed by atoms with Gasteiger partial charge in [0.15, 0.2) is 0 Å². The van der Waals surface area contributed by atoms with Crippen molar-refractivity contribution >= 4 is 5.97 Å². The Balaban J connectivity index is 4.07. The molecule has 0 bridgehead atoms. The number of rotatable bonds is 15. The Morgan fingerprint density at radius 1 is 0.960 bits per heavy atom. The average molecular weight is 355 g/mol. The molecule has 0 aliphatic heterocycles. The van der Waals surface area contributed by atoms with Crippen LogP contribution in [-0.4, -0.2) is 54.0 Å². The van der Waals surface area contributed by atoms with Gasteiger partial charge >= 0.3 is 5.97 Å². The molecule has 0 heterocycles. The Kier molecular flexibility index (Phi) is 12.5. The fourth-order valence-electron chi connectivity index (χ4n) is 3.06. The van der Waals surface area contributed by atoms with Crippen molar-refractivity contribution in [1.82, 2.24) is 0 Å². The number of hydrogen-bond acceptors (Lipinski definition) is 2. The molecule has 0 fully saturated rings. The van der Waals surface area contributed by atoms with Gasteiger partial charge in [0.25, 0.3) is 0 Å². The maximum absolute atomic E-state index is 11.0. The quantitative estimate of drug-likeness (QED) is 0.258. The van der Waals surface area contributed by atoms with E-state index in [-0.39, 0.29) is 6.42 Å². The van der Waals surface area contributed by atoms with Gasteiger partial charge in [0, 0.05) is 0 Å². The first-order valence-corrected chi connectivity index (χ1v) is 9.77. The maximum Gasteiger partial charge on any atom is 0.306 e. The van der Waals surface area contributed by atoms with Crippen molar-refractivity contribution in [3.63, 3.8) is 0 Å². The third kappa shape index (κ3) is 16.1. The molecule has 0 aliphatic carbocycles. The zero-order valence-electron chi connectivity index (χ0n) is 16.8. The van der Waals surface area contributed by atoms with Gasteiger partial charge in [-0.25, -0.2) is 0 Å². The van der Waals surface area contributed by atoms with Gasteiger partial charge in [-0.2, -0.15) is 0 Å². The van der Waals surface area contributed by atoms with Gasteiger partial charge in [-0.1, -0.05) is 70.1 Å². The van der Waals surface area contributed by atoms with Gasteiger partial charge in [0.2, 0.25) is 0 Å². The van der Waals surface area contributed by atoms with Gasteiger partial charge in [-0.05, 0) is 18.9 Å². The van der Waals surface area contributed by atoms with E-state index in [1.807, 2.05) is 27.2 Å². The molecule has 0 unspecified atom stereocenters. The zero-order chi connectivity index (χ0) is 19.2. The number of likely N-dealkylation sites (N-methyl/N-ethyl adjacent to an activating group) is 1. The Hall–Kier alpha value is -1.13. The minimum absolute atomic E-state index is 0.273. The molecule has 0 aromatic heterocycles. The largest absolute Gasteiger partial charge is 0.481 e. The predicted molar refractivity (Wildman–Crippen MR) is 106 cm³/mol. The van der Waals surface area contributed by atoms with Crippen molar-refractivity contribution in [3.8, 4) is 0 Å². The monoisotopic (exact) mass is 354 g/mol. The molecule has 0 rings (SSSR count). The summed E-state index contributed by atoms with van der Waals surface area (Å²) < 4.78 is 0.510. The molecule has 4 nitrogen and oxygen atoms in total. The van der Waals surface area contributed by atoms with Crippen LogP contribution in [0.15, 0.2) is 24.3 Å². The molecule has 0 aliphatic rings. The Morgan fingerprint density at radius 2 is 1.52 bits per heavy atom. The van der Waals surface area contributed by atoms with Crippen LogP contribution in [0, 0.1) is 0 Å². The number of unbranched alkanes of at least 4 members (excludes halogenated alkanes) is 8. The molecule has 146 valence electrons. The first kappa shape index (κ1) is 23.9. The van der Waals surface area contributed by atoms with Crippen LogP contribution in [0.1, 0.15) is 71.1 Å². The van der Waals surface area contributed by atoms with Crippen LogP contribution >= 0.6 is 0 Å². The molecule has 2 N–H and O–H groups in total. The summed E-state index contributed by atoms with van der Waals surface area (Å²) in [6.45, 7) is 2.60. The van der Waals surface area contributed by atoms with Crippen molar-refractivity contribution in [2.45, 2.75) is 76.7 Å². The van der Waals surface area contributed by atoms with Gasteiger partial charge < -0.3 is 14.7 Å². The Morgan fingerprint density at radius 3 is 2.04 bits per heavy atom. The number of quaternary nitrogens is 1. The number of allylic oxidation sites excluding steroid dienone is 3. The average Bonchev–Trinajstić information content (AvgIpc) is 2.45. The van der Waals surface area contributed by atoms with Gasteiger partial charge in [0.05, 0.1) is 27.6 Å². The lowest BCUT2D eigenvalue weighted by Crippen LogP contribution is -2.49. The molecular formula is C21H40NO3+. The summed E-state index contributed by atoms with van der Waals surface area (Å²) in [5, 5.41) is 19.6. The standard InChI is InChI=1S/C21H39NO3/c1-5-6-7-8-9-10-11-12-13-14-15-16-17-21(25,18-20(23)24)19-22(2,3)4/h14-17,25H,5-13,18-19H2,1-4H3/p+1/t21-/m1/s1. The number of aliphatic carboxylic acids is 1. The number of carbonyl (C=O) groups is 1. The summed E-state index contributed by atoms with van der Waals surface area (Å²) in [4.78, 5) is 11.0. The van der Waals surface area contributed by atoms with Crippen molar-refractivity contribution < 1.29 is 19.5 Å². The van der Waals surface area contributed by atoms with E-state index in [0.717, 1.165) is 6.42 Å². The molecule has 0 saturated heterocycles. The number of hydrogen-bond donors (Lipinski definition) is 2. The maximum atomic E-state index is 11.0. The number of carboxylic acid groups (broad SMARTS) is 1. The van der Waals surface area contributed by atoms with Crippen molar-refractivity contribution in [3.05, 3.63) is 24.3 Å². The van der Waals surface area contributed by atoms with Crippen LogP contribution in [0.3, 0.4) is 0 Å². The molecular weight excluding hydrogens is 314 g/mol. The fraction of sp³-hybridized carbons (Fsp3) is 0.762. The highest BCUT2D eigenvalue weighted by molar-refractivity contribution is 5.68. The first-order chi connectivity index (χ1) is 11.7. The second-order valence-corrected chi connectivity index (χ2v) is 8.17. The van der Waals surface area contributed by atoms with Gasteiger partial charge in [0.1, 0.15) is 12.1 Å². The summed E-state index contributed by atoms with van der Waals surface area (Å²) in [6.07, 6.45) is 18.7.